The van der Waals surface area contributed by atoms with Gasteiger partial charge in [0.15, 0.2) is 5.69 Å². The van der Waals surface area contributed by atoms with Crippen LogP contribution in [0.25, 0.3) is 10.6 Å². The van der Waals surface area contributed by atoms with Crippen LogP contribution < -0.4 is 0 Å². The van der Waals surface area contributed by atoms with Gasteiger partial charge < -0.3 is 4.74 Å². The molecule has 26 heavy (non-hydrogen) atoms. The molecule has 1 aromatic carbocycles. The predicted molar refractivity (Wildman–Crippen MR) is 103 cm³/mol. The van der Waals surface area contributed by atoms with Gasteiger partial charge in [0.1, 0.15) is 11.1 Å². The summed E-state index contributed by atoms with van der Waals surface area (Å²) in [7, 11) is 0. The van der Waals surface area contributed by atoms with Gasteiger partial charge in [-0.25, -0.2) is 9.78 Å². The van der Waals surface area contributed by atoms with E-state index in [0.29, 0.717) is 5.69 Å². The summed E-state index contributed by atoms with van der Waals surface area (Å²) in [4.78, 5) is 18.0. The zero-order valence-electron chi connectivity index (χ0n) is 15.7. The number of nitrogens with zero attached hydrogens (tertiary/aromatic N) is 3. The SMILES string of the molecule is Cc1ccc(-c2nc(C)c([C@@H](C)OC(=O)c3ccn(C(C)C)n3)s2)cc1. The van der Waals surface area contributed by atoms with Crippen LogP contribution in [0.2, 0.25) is 0 Å². The van der Waals surface area contributed by atoms with E-state index < -0.39 is 5.97 Å². The van der Waals surface area contributed by atoms with E-state index >= 15 is 0 Å². The number of aromatic nitrogens is 3. The van der Waals surface area contributed by atoms with Gasteiger partial charge in [-0.3, -0.25) is 4.68 Å². The van der Waals surface area contributed by atoms with Crippen molar-refractivity contribution in [1.29, 1.82) is 0 Å². The first kappa shape index (κ1) is 18.3. The van der Waals surface area contributed by atoms with E-state index in [2.05, 4.69) is 41.3 Å². The van der Waals surface area contributed by atoms with Crippen LogP contribution in [0.4, 0.5) is 0 Å². The molecular weight excluding hydrogens is 346 g/mol. The van der Waals surface area contributed by atoms with Crippen molar-refractivity contribution in [3.05, 3.63) is 58.4 Å². The number of hydrogen-bond donors (Lipinski definition) is 0. The number of thiazole rings is 1. The molecule has 3 rings (SSSR count). The molecule has 0 saturated heterocycles. The topological polar surface area (TPSA) is 57.0 Å². The minimum Gasteiger partial charge on any atom is -0.452 e. The molecule has 0 radical (unpaired) electrons. The highest BCUT2D eigenvalue weighted by Gasteiger charge is 2.21. The molecule has 0 amide bonds. The number of aryl methyl sites for hydroxylation is 2. The van der Waals surface area contributed by atoms with Crippen LogP contribution in [0.3, 0.4) is 0 Å². The fraction of sp³-hybridized carbons (Fsp3) is 0.350. The highest BCUT2D eigenvalue weighted by atomic mass is 32.1. The fourth-order valence-electron chi connectivity index (χ4n) is 2.61. The van der Waals surface area contributed by atoms with E-state index in [-0.39, 0.29) is 12.1 Å². The largest absolute Gasteiger partial charge is 0.452 e. The standard InChI is InChI=1S/C20H23N3O2S/c1-12(2)23-11-10-17(22-23)20(24)25-15(5)18-14(4)21-19(26-18)16-8-6-13(3)7-9-16/h6-12,15H,1-5H3/t15-/m1/s1. The fourth-order valence-corrected chi connectivity index (χ4v) is 3.67. The van der Waals surface area contributed by atoms with E-state index in [9.17, 15) is 4.79 Å². The molecule has 1 atom stereocenters. The zero-order valence-corrected chi connectivity index (χ0v) is 16.5. The van der Waals surface area contributed by atoms with Gasteiger partial charge in [0.25, 0.3) is 0 Å². The number of rotatable bonds is 5. The maximum atomic E-state index is 12.4. The summed E-state index contributed by atoms with van der Waals surface area (Å²) in [5.41, 5.74) is 3.50. The summed E-state index contributed by atoms with van der Waals surface area (Å²) in [6, 6.07) is 10.2. The molecular formula is C20H23N3O2S. The van der Waals surface area contributed by atoms with Crippen molar-refractivity contribution >= 4 is 17.3 Å². The van der Waals surface area contributed by atoms with Gasteiger partial charge in [-0.2, -0.15) is 5.10 Å². The number of esters is 1. The van der Waals surface area contributed by atoms with Gasteiger partial charge in [-0.15, -0.1) is 11.3 Å². The number of ether oxygens (including phenoxy) is 1. The molecule has 2 aromatic heterocycles. The number of hydrogen-bond acceptors (Lipinski definition) is 5. The highest BCUT2D eigenvalue weighted by Crippen LogP contribution is 2.33. The van der Waals surface area contributed by atoms with Crippen molar-refractivity contribution < 1.29 is 9.53 Å². The molecule has 0 aliphatic carbocycles. The molecule has 0 bridgehead atoms. The van der Waals surface area contributed by atoms with Crippen LogP contribution in [0.5, 0.6) is 0 Å². The Hall–Kier alpha value is -2.47. The molecule has 5 nitrogen and oxygen atoms in total. The lowest BCUT2D eigenvalue weighted by atomic mass is 10.2. The molecule has 6 heteroatoms. The van der Waals surface area contributed by atoms with Crippen molar-refractivity contribution in [2.24, 2.45) is 0 Å². The second-order valence-electron chi connectivity index (χ2n) is 6.66. The van der Waals surface area contributed by atoms with Crippen LogP contribution in [-0.2, 0) is 4.74 Å². The van der Waals surface area contributed by atoms with Crippen LogP contribution in [0.1, 0.15) is 59.5 Å². The van der Waals surface area contributed by atoms with E-state index in [1.165, 1.54) is 5.56 Å². The van der Waals surface area contributed by atoms with Crippen molar-refractivity contribution in [2.75, 3.05) is 0 Å². The molecule has 136 valence electrons. The van der Waals surface area contributed by atoms with Gasteiger partial charge >= 0.3 is 5.97 Å². The Morgan fingerprint density at radius 2 is 1.81 bits per heavy atom. The lowest BCUT2D eigenvalue weighted by Gasteiger charge is -2.11. The highest BCUT2D eigenvalue weighted by molar-refractivity contribution is 7.15. The second kappa shape index (κ2) is 7.41. The van der Waals surface area contributed by atoms with E-state index in [4.69, 9.17) is 4.74 Å². The van der Waals surface area contributed by atoms with Crippen LogP contribution in [0, 0.1) is 13.8 Å². The van der Waals surface area contributed by atoms with Crippen molar-refractivity contribution in [1.82, 2.24) is 14.8 Å². The van der Waals surface area contributed by atoms with Gasteiger partial charge in [0, 0.05) is 17.8 Å². The van der Waals surface area contributed by atoms with Crippen molar-refractivity contribution in [3.63, 3.8) is 0 Å². The molecule has 0 unspecified atom stereocenters. The average Bonchev–Trinajstić information content (AvgIpc) is 3.22. The Labute approximate surface area is 157 Å². The predicted octanol–water partition coefficient (Wildman–Crippen LogP) is 5.12. The quantitative estimate of drug-likeness (QED) is 0.586. The number of carbonyl (C=O) groups excluding carboxylic acids is 1. The minimum atomic E-state index is -0.415. The monoisotopic (exact) mass is 369 g/mol. The molecule has 0 aliphatic rings. The van der Waals surface area contributed by atoms with Gasteiger partial charge in [-0.05, 0) is 40.7 Å². The van der Waals surface area contributed by atoms with Crippen LogP contribution in [-0.4, -0.2) is 20.7 Å². The van der Waals surface area contributed by atoms with E-state index in [1.807, 2.05) is 27.7 Å². The first-order chi connectivity index (χ1) is 12.3. The Morgan fingerprint density at radius 3 is 2.42 bits per heavy atom. The van der Waals surface area contributed by atoms with E-state index in [0.717, 1.165) is 21.1 Å². The molecule has 0 aliphatic heterocycles. The average molecular weight is 369 g/mol. The number of benzene rings is 1. The summed E-state index contributed by atoms with van der Waals surface area (Å²) < 4.78 is 7.37. The number of carbonyl (C=O) groups is 1. The summed E-state index contributed by atoms with van der Waals surface area (Å²) in [6.45, 7) is 9.90. The molecule has 2 heterocycles. The van der Waals surface area contributed by atoms with Crippen LogP contribution in [0.15, 0.2) is 36.5 Å². The maximum Gasteiger partial charge on any atom is 0.359 e. The van der Waals surface area contributed by atoms with Crippen LogP contribution >= 0.6 is 11.3 Å². The summed E-state index contributed by atoms with van der Waals surface area (Å²) in [6.07, 6.45) is 1.42. The Kier molecular flexibility index (Phi) is 5.23. The van der Waals surface area contributed by atoms with Gasteiger partial charge in [0.05, 0.1) is 10.6 Å². The lowest BCUT2D eigenvalue weighted by Crippen LogP contribution is -2.11. The first-order valence-corrected chi connectivity index (χ1v) is 9.47. The van der Waals surface area contributed by atoms with Crippen molar-refractivity contribution in [2.45, 2.75) is 46.8 Å². The summed E-state index contributed by atoms with van der Waals surface area (Å²) >= 11 is 1.56. The Balaban J connectivity index is 1.76. The van der Waals surface area contributed by atoms with Gasteiger partial charge in [-0.1, -0.05) is 29.8 Å². The molecule has 0 saturated carbocycles. The third kappa shape index (κ3) is 3.85. The third-order valence-corrected chi connectivity index (χ3v) is 5.50. The smallest absolute Gasteiger partial charge is 0.359 e. The van der Waals surface area contributed by atoms with E-state index in [1.54, 1.807) is 28.3 Å². The second-order valence-corrected chi connectivity index (χ2v) is 7.69. The van der Waals surface area contributed by atoms with Crippen molar-refractivity contribution in [3.8, 4) is 10.6 Å². The minimum absolute atomic E-state index is 0.204. The first-order valence-electron chi connectivity index (χ1n) is 8.65. The molecule has 0 fully saturated rings. The molecule has 3 aromatic rings. The zero-order chi connectivity index (χ0) is 18.8. The Morgan fingerprint density at radius 1 is 1.12 bits per heavy atom. The summed E-state index contributed by atoms with van der Waals surface area (Å²) in [5, 5.41) is 5.20. The Bertz CT molecular complexity index is 910. The molecule has 0 N–H and O–H groups in total. The normalized spacial score (nSPS) is 12.4. The molecule has 0 spiro atoms. The summed E-state index contributed by atoms with van der Waals surface area (Å²) in [5.74, 6) is -0.415. The third-order valence-electron chi connectivity index (χ3n) is 4.13. The lowest BCUT2D eigenvalue weighted by molar-refractivity contribution is 0.0335. The maximum absolute atomic E-state index is 12.4. The van der Waals surface area contributed by atoms with Gasteiger partial charge in [0.2, 0.25) is 0 Å².